The van der Waals surface area contributed by atoms with Crippen molar-refractivity contribution in [3.8, 4) is 5.75 Å². The van der Waals surface area contributed by atoms with Crippen LogP contribution in [0.15, 0.2) is 24.3 Å². The molecule has 1 nitrogen and oxygen atoms in total. The van der Waals surface area contributed by atoms with Crippen LogP contribution in [0.1, 0.15) is 64.2 Å². The Balaban J connectivity index is 1.98. The summed E-state index contributed by atoms with van der Waals surface area (Å²) in [6, 6.07) is 8.90. The van der Waals surface area contributed by atoms with Crippen molar-refractivity contribution >= 4 is 24.2 Å². The number of methoxy groups -OCH3 is 1. The van der Waals surface area contributed by atoms with Gasteiger partial charge in [-0.15, -0.1) is 0 Å². The van der Waals surface area contributed by atoms with Gasteiger partial charge in [0.15, 0.2) is 0 Å². The molecule has 2 fully saturated rings. The molecule has 0 radical (unpaired) electrons. The Morgan fingerprint density at radius 1 is 0.870 bits per heavy atom. The Morgan fingerprint density at radius 2 is 1.35 bits per heavy atom. The number of hydrogen-bond donors (Lipinski definition) is 0. The molecule has 2 saturated carbocycles. The molecule has 23 heavy (non-hydrogen) atoms. The van der Waals surface area contributed by atoms with E-state index in [-0.39, 0.29) is 0 Å². The Labute approximate surface area is 147 Å². The normalized spacial score (nSPS) is 21.3. The molecule has 0 aromatic heterocycles. The summed E-state index contributed by atoms with van der Waals surface area (Å²) in [5.74, 6) is 0.953. The van der Waals surface area contributed by atoms with Crippen LogP contribution >= 0.6 is 18.9 Å². The Hall–Kier alpha value is -0.260. The highest BCUT2D eigenvalue weighted by Crippen LogP contribution is 2.74. The lowest BCUT2D eigenvalue weighted by atomic mass is 9.99. The number of halogens is 1. The molecule has 0 unspecified atom stereocenters. The summed E-state index contributed by atoms with van der Waals surface area (Å²) in [6.45, 7) is 0. The number of benzene rings is 1. The van der Waals surface area contributed by atoms with E-state index in [1.165, 1.54) is 69.5 Å². The standard InChI is InChI=1S/C20H30ClOP/c1-22-17-12-14-20(15-13-17)23(16-21,18-8-4-2-5-9-18)19-10-6-3-7-11-19/h12-16,18-19H,2-11H2,1H3. The van der Waals surface area contributed by atoms with Gasteiger partial charge in [0.1, 0.15) is 5.75 Å². The first-order valence-corrected chi connectivity index (χ1v) is 11.7. The van der Waals surface area contributed by atoms with Crippen LogP contribution in [0.5, 0.6) is 5.75 Å². The van der Waals surface area contributed by atoms with Gasteiger partial charge in [-0.2, -0.15) is 0 Å². The molecule has 0 spiro atoms. The largest absolute Gasteiger partial charge is 0.497 e. The fourth-order valence-corrected chi connectivity index (χ4v) is 11.1. The van der Waals surface area contributed by atoms with Crippen molar-refractivity contribution in [1.82, 2.24) is 0 Å². The molecule has 0 N–H and O–H groups in total. The second-order valence-corrected chi connectivity index (χ2v) is 11.6. The first-order valence-electron chi connectivity index (χ1n) is 9.28. The fraction of sp³-hybridized carbons (Fsp3) is 0.650. The third-order valence-corrected chi connectivity index (χ3v) is 12.0. The maximum atomic E-state index is 6.69. The Kier molecular flexibility index (Phi) is 6.27. The van der Waals surface area contributed by atoms with Gasteiger partial charge in [-0.3, -0.25) is 0 Å². The summed E-state index contributed by atoms with van der Waals surface area (Å²) < 4.78 is 5.38. The number of rotatable bonds is 5. The molecular weight excluding hydrogens is 323 g/mol. The average Bonchev–Trinajstić information content (AvgIpc) is 2.65. The summed E-state index contributed by atoms with van der Waals surface area (Å²) in [5, 5.41) is 1.52. The summed E-state index contributed by atoms with van der Waals surface area (Å²) in [5.41, 5.74) is 3.79. The van der Waals surface area contributed by atoms with Crippen LogP contribution in [0.2, 0.25) is 0 Å². The van der Waals surface area contributed by atoms with Crippen LogP contribution < -0.4 is 10.0 Å². The number of hydrogen-bond acceptors (Lipinski definition) is 1. The summed E-state index contributed by atoms with van der Waals surface area (Å²) in [4.78, 5) is 0. The number of ether oxygens (including phenoxy) is 1. The topological polar surface area (TPSA) is 9.23 Å². The molecule has 1 aromatic carbocycles. The van der Waals surface area contributed by atoms with Crippen LogP contribution in [-0.4, -0.2) is 18.4 Å². The predicted molar refractivity (Wildman–Crippen MR) is 103 cm³/mol. The van der Waals surface area contributed by atoms with Gasteiger partial charge in [-0.25, -0.2) is 0 Å². The quantitative estimate of drug-likeness (QED) is 0.442. The minimum atomic E-state index is -1.43. The maximum absolute atomic E-state index is 6.69. The van der Waals surface area contributed by atoms with Crippen molar-refractivity contribution in [3.63, 3.8) is 0 Å². The van der Waals surface area contributed by atoms with E-state index < -0.39 is 7.26 Å². The van der Waals surface area contributed by atoms with Gasteiger partial charge in [-0.05, 0) is 75.6 Å². The molecule has 0 atom stereocenters. The Morgan fingerprint density at radius 3 is 1.74 bits per heavy atom. The molecule has 0 aliphatic heterocycles. The fourth-order valence-electron chi connectivity index (χ4n) is 4.79. The van der Waals surface area contributed by atoms with Crippen LogP contribution in [0.4, 0.5) is 0 Å². The predicted octanol–water partition coefficient (Wildman–Crippen LogP) is 6.36. The molecular formula is C20H30ClOP. The first kappa shape index (κ1) is 17.6. The highest BCUT2D eigenvalue weighted by atomic mass is 35.5. The van der Waals surface area contributed by atoms with Gasteiger partial charge in [-0.1, -0.05) is 25.7 Å². The van der Waals surface area contributed by atoms with E-state index in [4.69, 9.17) is 16.3 Å². The molecule has 0 bridgehead atoms. The molecule has 2 aliphatic rings. The van der Waals surface area contributed by atoms with E-state index >= 15 is 0 Å². The monoisotopic (exact) mass is 352 g/mol. The van der Waals surface area contributed by atoms with E-state index in [0.29, 0.717) is 0 Å². The van der Waals surface area contributed by atoms with Crippen molar-refractivity contribution in [2.45, 2.75) is 75.5 Å². The third kappa shape index (κ3) is 3.57. The van der Waals surface area contributed by atoms with E-state index in [9.17, 15) is 0 Å². The van der Waals surface area contributed by atoms with Crippen LogP contribution in [0.3, 0.4) is 0 Å². The summed E-state index contributed by atoms with van der Waals surface area (Å²) in [6.07, 6.45) is 13.9. The average molecular weight is 353 g/mol. The van der Waals surface area contributed by atoms with Crippen molar-refractivity contribution in [3.05, 3.63) is 29.9 Å². The van der Waals surface area contributed by atoms with Crippen molar-refractivity contribution in [2.75, 3.05) is 7.11 Å². The highest BCUT2D eigenvalue weighted by molar-refractivity contribution is 7.87. The van der Waals surface area contributed by atoms with Gasteiger partial charge in [0, 0.05) is 11.3 Å². The van der Waals surface area contributed by atoms with Gasteiger partial charge in [0.25, 0.3) is 0 Å². The van der Waals surface area contributed by atoms with E-state index in [1.54, 1.807) is 7.11 Å². The van der Waals surface area contributed by atoms with Gasteiger partial charge in [0.2, 0.25) is 0 Å². The van der Waals surface area contributed by atoms with Crippen molar-refractivity contribution in [1.29, 1.82) is 0 Å². The maximum Gasteiger partial charge on any atom is 0.119 e. The minimum Gasteiger partial charge on any atom is -0.497 e. The summed E-state index contributed by atoms with van der Waals surface area (Å²) >= 11 is 6.69. The first-order chi connectivity index (χ1) is 11.3. The minimum absolute atomic E-state index is 0.810. The lowest BCUT2D eigenvalue weighted by Crippen LogP contribution is -2.34. The summed E-state index contributed by atoms with van der Waals surface area (Å²) in [7, 11) is 0.318. The van der Waals surface area contributed by atoms with Gasteiger partial charge >= 0.3 is 0 Å². The van der Waals surface area contributed by atoms with Gasteiger partial charge in [0.05, 0.1) is 12.4 Å². The molecule has 1 aromatic rings. The second kappa shape index (κ2) is 8.21. The van der Waals surface area contributed by atoms with Gasteiger partial charge < -0.3 is 16.3 Å². The highest BCUT2D eigenvalue weighted by Gasteiger charge is 2.47. The van der Waals surface area contributed by atoms with E-state index in [0.717, 1.165) is 17.1 Å². The zero-order valence-corrected chi connectivity index (χ0v) is 16.0. The SMILES string of the molecule is COc1ccc([P+]([CH-]Cl)(C2CCCCC2)C2CCCCC2)cc1. The molecule has 3 heteroatoms. The van der Waals surface area contributed by atoms with Crippen molar-refractivity contribution < 1.29 is 4.74 Å². The Bertz CT molecular complexity index is 457. The second-order valence-electron chi connectivity index (χ2n) is 7.21. The molecule has 0 heterocycles. The van der Waals surface area contributed by atoms with Crippen LogP contribution in [-0.2, 0) is 0 Å². The lowest BCUT2D eigenvalue weighted by Gasteiger charge is -2.48. The third-order valence-electron chi connectivity index (χ3n) is 6.04. The molecule has 3 rings (SSSR count). The van der Waals surface area contributed by atoms with E-state index in [2.05, 4.69) is 29.9 Å². The van der Waals surface area contributed by atoms with Crippen LogP contribution in [0.25, 0.3) is 0 Å². The van der Waals surface area contributed by atoms with E-state index in [1.807, 2.05) is 0 Å². The zero-order chi connectivity index (χ0) is 16.1. The molecule has 128 valence electrons. The van der Waals surface area contributed by atoms with Crippen LogP contribution in [0, 0.1) is 5.62 Å². The lowest BCUT2D eigenvalue weighted by molar-refractivity contribution is 0.415. The van der Waals surface area contributed by atoms with Crippen molar-refractivity contribution in [2.24, 2.45) is 0 Å². The smallest absolute Gasteiger partial charge is 0.119 e. The molecule has 2 aliphatic carbocycles. The zero-order valence-electron chi connectivity index (χ0n) is 14.3. The molecule has 0 saturated heterocycles. The molecule has 0 amide bonds.